The van der Waals surface area contributed by atoms with Crippen molar-refractivity contribution in [3.63, 3.8) is 0 Å². The molecule has 0 aliphatic carbocycles. The fourth-order valence-electron chi connectivity index (χ4n) is 5.40. The number of fused-ring (bicyclic) bond motifs is 2. The molecule has 0 radical (unpaired) electrons. The second-order valence-corrected chi connectivity index (χ2v) is 9.65. The molecule has 1 aromatic heterocycles. The third kappa shape index (κ3) is 5.23. The van der Waals surface area contributed by atoms with Crippen molar-refractivity contribution < 1.29 is 14.0 Å². The van der Waals surface area contributed by atoms with Gasteiger partial charge < -0.3 is 20.5 Å². The Morgan fingerprint density at radius 2 is 1.94 bits per heavy atom. The maximum atomic E-state index is 13.0. The molecule has 2 fully saturated rings. The number of benzene rings is 2. The van der Waals surface area contributed by atoms with Gasteiger partial charge in [-0.15, -0.1) is 0 Å². The van der Waals surface area contributed by atoms with Crippen molar-refractivity contribution in [1.82, 2.24) is 25.4 Å². The summed E-state index contributed by atoms with van der Waals surface area (Å²) in [4.78, 5) is 27.2. The zero-order chi connectivity index (χ0) is 24.4. The number of hydrogen-bond donors (Lipinski definition) is 3. The van der Waals surface area contributed by atoms with Crippen LogP contribution in [0.4, 0.5) is 4.39 Å². The normalized spacial score (nSPS) is 22.2. The molecule has 2 aliphatic heterocycles. The van der Waals surface area contributed by atoms with E-state index in [-0.39, 0.29) is 35.8 Å². The first-order chi connectivity index (χ1) is 17.0. The second-order valence-electron chi connectivity index (χ2n) is 9.65. The molecule has 3 aromatic rings. The van der Waals surface area contributed by atoms with Gasteiger partial charge in [0, 0.05) is 68.8 Å². The van der Waals surface area contributed by atoms with Gasteiger partial charge in [-0.1, -0.05) is 30.3 Å². The van der Waals surface area contributed by atoms with Crippen molar-refractivity contribution in [2.24, 2.45) is 7.05 Å². The van der Waals surface area contributed by atoms with Crippen LogP contribution in [-0.4, -0.2) is 52.5 Å². The summed E-state index contributed by atoms with van der Waals surface area (Å²) in [6.45, 7) is 2.50. The molecule has 3 atom stereocenters. The maximum absolute atomic E-state index is 13.0. The lowest BCUT2D eigenvalue weighted by Crippen LogP contribution is -2.58. The van der Waals surface area contributed by atoms with E-state index >= 15 is 0 Å². The fraction of sp³-hybridized carbons (Fsp3) is 0.407. The van der Waals surface area contributed by atoms with Crippen LogP contribution in [0.5, 0.6) is 0 Å². The van der Waals surface area contributed by atoms with Crippen LogP contribution in [0.3, 0.4) is 0 Å². The molecule has 2 aromatic carbocycles. The third-order valence-corrected chi connectivity index (χ3v) is 7.29. The third-order valence-electron chi connectivity index (χ3n) is 7.29. The van der Waals surface area contributed by atoms with Gasteiger partial charge in [-0.25, -0.2) is 4.39 Å². The average Bonchev–Trinajstić information content (AvgIpc) is 3.44. The van der Waals surface area contributed by atoms with Gasteiger partial charge in [0.05, 0.1) is 6.04 Å². The van der Waals surface area contributed by atoms with E-state index in [0.29, 0.717) is 25.9 Å². The van der Waals surface area contributed by atoms with Gasteiger partial charge in [0.15, 0.2) is 0 Å². The number of hydrogen-bond acceptors (Lipinski definition) is 4. The highest BCUT2D eigenvalue weighted by Gasteiger charge is 2.43. The highest BCUT2D eigenvalue weighted by atomic mass is 19.1. The molecule has 3 heterocycles. The molecule has 2 aliphatic rings. The van der Waals surface area contributed by atoms with Gasteiger partial charge in [-0.3, -0.25) is 14.5 Å². The quantitative estimate of drug-likeness (QED) is 0.466. The number of amides is 2. The highest BCUT2D eigenvalue weighted by molar-refractivity contribution is 5.84. The Morgan fingerprint density at radius 1 is 1.14 bits per heavy atom. The molecule has 7 nitrogen and oxygen atoms in total. The van der Waals surface area contributed by atoms with E-state index in [1.807, 2.05) is 0 Å². The minimum Gasteiger partial charge on any atom is -0.353 e. The molecule has 0 bridgehead atoms. The van der Waals surface area contributed by atoms with Crippen molar-refractivity contribution >= 4 is 22.7 Å². The van der Waals surface area contributed by atoms with Crippen molar-refractivity contribution in [1.29, 1.82) is 0 Å². The van der Waals surface area contributed by atoms with E-state index in [0.717, 1.165) is 25.1 Å². The summed E-state index contributed by atoms with van der Waals surface area (Å²) in [6, 6.07) is 14.7. The molecule has 0 saturated carbocycles. The summed E-state index contributed by atoms with van der Waals surface area (Å²) in [5.41, 5.74) is 3.33. The number of nitrogens with one attached hydrogen (secondary N) is 3. The summed E-state index contributed by atoms with van der Waals surface area (Å²) < 4.78 is 15.2. The SMILES string of the molecule is Cn1cc(CN[C@@H]2C[C@@H]3C(=O)NC[C@@H](CCC(=O)NCc4ccc(F)cc4)N3C2)c2ccccc21. The van der Waals surface area contributed by atoms with Gasteiger partial charge in [-0.2, -0.15) is 0 Å². The number of carbonyl (C=O) groups is 2. The Hall–Kier alpha value is -3.23. The van der Waals surface area contributed by atoms with Crippen molar-refractivity contribution in [2.45, 2.75) is 50.5 Å². The highest BCUT2D eigenvalue weighted by Crippen LogP contribution is 2.27. The number of carbonyl (C=O) groups excluding carboxylic acids is 2. The van der Waals surface area contributed by atoms with Crippen molar-refractivity contribution in [3.8, 4) is 0 Å². The largest absolute Gasteiger partial charge is 0.353 e. The predicted molar refractivity (Wildman–Crippen MR) is 133 cm³/mol. The zero-order valence-electron chi connectivity index (χ0n) is 20.0. The molecule has 8 heteroatoms. The molecular formula is C27H32FN5O2. The summed E-state index contributed by atoms with van der Waals surface area (Å²) in [6.07, 6.45) is 4.00. The van der Waals surface area contributed by atoms with Crippen LogP contribution in [-0.2, 0) is 29.7 Å². The molecule has 2 saturated heterocycles. The van der Waals surface area contributed by atoms with Crippen LogP contribution >= 0.6 is 0 Å². The van der Waals surface area contributed by atoms with Crippen LogP contribution in [0.2, 0.25) is 0 Å². The van der Waals surface area contributed by atoms with E-state index in [9.17, 15) is 14.0 Å². The maximum Gasteiger partial charge on any atom is 0.237 e. The number of halogens is 1. The molecule has 5 rings (SSSR count). The molecule has 35 heavy (non-hydrogen) atoms. The Kier molecular flexibility index (Phi) is 6.83. The Bertz CT molecular complexity index is 1210. The van der Waals surface area contributed by atoms with Crippen LogP contribution in [0.15, 0.2) is 54.7 Å². The average molecular weight is 478 g/mol. The lowest BCUT2D eigenvalue weighted by molar-refractivity contribution is -0.129. The van der Waals surface area contributed by atoms with Crippen LogP contribution < -0.4 is 16.0 Å². The Morgan fingerprint density at radius 3 is 2.77 bits per heavy atom. The molecule has 0 unspecified atom stereocenters. The molecule has 184 valence electrons. The van der Waals surface area contributed by atoms with Gasteiger partial charge in [0.1, 0.15) is 5.82 Å². The summed E-state index contributed by atoms with van der Waals surface area (Å²) in [5.74, 6) is -0.242. The summed E-state index contributed by atoms with van der Waals surface area (Å²) in [7, 11) is 2.06. The van der Waals surface area contributed by atoms with Gasteiger partial charge >= 0.3 is 0 Å². The van der Waals surface area contributed by atoms with E-state index in [4.69, 9.17) is 0 Å². The van der Waals surface area contributed by atoms with Crippen LogP contribution in [0.1, 0.15) is 30.4 Å². The monoisotopic (exact) mass is 477 g/mol. The standard InChI is InChI=1S/C27H32FN5O2/c1-32-16-19(23-4-2-3-5-24(23)32)14-29-21-12-25-27(35)31-15-22(33(25)17-21)10-11-26(34)30-13-18-6-8-20(28)9-7-18/h2-9,16,21-22,25,29H,10-15,17H2,1H3,(H,30,34)(H,31,35)/t21-,22-,25-/m1/s1. The Balaban J connectivity index is 1.14. The lowest BCUT2D eigenvalue weighted by atomic mass is 10.0. The number of nitrogens with zero attached hydrogens (tertiary/aromatic N) is 2. The van der Waals surface area contributed by atoms with E-state index in [2.05, 4.69) is 62.9 Å². The number of para-hydroxylation sites is 1. The molecule has 0 spiro atoms. The van der Waals surface area contributed by atoms with E-state index < -0.39 is 0 Å². The fourth-order valence-corrected chi connectivity index (χ4v) is 5.40. The van der Waals surface area contributed by atoms with Crippen molar-refractivity contribution in [3.05, 3.63) is 71.7 Å². The second kappa shape index (κ2) is 10.2. The first-order valence-electron chi connectivity index (χ1n) is 12.3. The lowest BCUT2D eigenvalue weighted by Gasteiger charge is -2.37. The Labute approximate surface area is 204 Å². The van der Waals surface area contributed by atoms with Gasteiger partial charge in [0.25, 0.3) is 0 Å². The summed E-state index contributed by atoms with van der Waals surface area (Å²) in [5, 5.41) is 10.9. The van der Waals surface area contributed by atoms with Gasteiger partial charge in [0.2, 0.25) is 11.8 Å². The zero-order valence-corrected chi connectivity index (χ0v) is 20.0. The van der Waals surface area contributed by atoms with E-state index in [1.54, 1.807) is 12.1 Å². The van der Waals surface area contributed by atoms with Crippen molar-refractivity contribution in [2.75, 3.05) is 13.1 Å². The number of aromatic nitrogens is 1. The topological polar surface area (TPSA) is 78.4 Å². The molecule has 3 N–H and O–H groups in total. The minimum absolute atomic E-state index is 0.0346. The first kappa shape index (κ1) is 23.5. The van der Waals surface area contributed by atoms with E-state index in [1.165, 1.54) is 28.6 Å². The molecule has 2 amide bonds. The van der Waals surface area contributed by atoms with Crippen LogP contribution in [0, 0.1) is 5.82 Å². The number of aryl methyl sites for hydroxylation is 1. The van der Waals surface area contributed by atoms with Gasteiger partial charge in [-0.05, 0) is 42.2 Å². The minimum atomic E-state index is -0.287. The smallest absolute Gasteiger partial charge is 0.237 e. The number of rotatable bonds is 8. The predicted octanol–water partition coefficient (Wildman–Crippen LogP) is 2.44. The summed E-state index contributed by atoms with van der Waals surface area (Å²) >= 11 is 0. The first-order valence-corrected chi connectivity index (χ1v) is 12.3. The van der Waals surface area contributed by atoms with Crippen LogP contribution in [0.25, 0.3) is 10.9 Å². The number of piperazine rings is 1. The molecular weight excluding hydrogens is 445 g/mol.